The monoisotopic (exact) mass is 511 g/mol. The fourth-order valence-electron chi connectivity index (χ4n) is 5.57. The predicted molar refractivity (Wildman–Crippen MR) is 138 cm³/mol. The van der Waals surface area contributed by atoms with Gasteiger partial charge >= 0.3 is 6.03 Å². The summed E-state index contributed by atoms with van der Waals surface area (Å²) in [5.74, 6) is -0.522. The van der Waals surface area contributed by atoms with Crippen molar-refractivity contribution in [3.05, 3.63) is 95.1 Å². The second kappa shape index (κ2) is 10.3. The number of carbonyl (C=O) groups excluding carboxylic acids is 3. The maximum atomic E-state index is 13.0. The number of benzene rings is 1. The van der Waals surface area contributed by atoms with E-state index in [-0.39, 0.29) is 30.8 Å². The molecule has 38 heavy (non-hydrogen) atoms. The largest absolute Gasteiger partial charge is 0.342 e. The van der Waals surface area contributed by atoms with Crippen molar-refractivity contribution < 1.29 is 14.4 Å². The average molecular weight is 512 g/mol. The molecule has 1 N–H and O–H groups in total. The van der Waals surface area contributed by atoms with Gasteiger partial charge in [-0.2, -0.15) is 0 Å². The highest BCUT2D eigenvalue weighted by Gasteiger charge is 2.37. The summed E-state index contributed by atoms with van der Waals surface area (Å²) < 4.78 is 0. The smallest absolute Gasteiger partial charge is 0.297 e. The van der Waals surface area contributed by atoms with Crippen LogP contribution in [0.5, 0.6) is 0 Å². The second-order valence-electron chi connectivity index (χ2n) is 9.87. The SMILES string of the molecule is O=C1CCN(N2Cc3cc(CN4CCN(C(c5cccnc5)c5cccnc5)CC4)ccc3C2=O)C(=O)N1. The van der Waals surface area contributed by atoms with Crippen LogP contribution in [0.3, 0.4) is 0 Å². The third kappa shape index (κ3) is 4.75. The topological polar surface area (TPSA) is 102 Å². The number of pyridine rings is 2. The predicted octanol–water partition coefficient (Wildman–Crippen LogP) is 2.20. The van der Waals surface area contributed by atoms with Crippen LogP contribution in [0, 0.1) is 0 Å². The molecule has 3 aliphatic rings. The molecule has 3 aromatic rings. The molecule has 0 aliphatic carbocycles. The number of nitrogens with zero attached hydrogens (tertiary/aromatic N) is 6. The van der Waals surface area contributed by atoms with Crippen LogP contribution in [0.15, 0.2) is 67.3 Å². The van der Waals surface area contributed by atoms with Crippen LogP contribution in [-0.4, -0.2) is 80.4 Å². The van der Waals surface area contributed by atoms with Crippen molar-refractivity contribution in [2.75, 3.05) is 32.7 Å². The summed E-state index contributed by atoms with van der Waals surface area (Å²) >= 11 is 0. The van der Waals surface area contributed by atoms with Gasteiger partial charge in [-0.3, -0.25) is 34.7 Å². The molecule has 3 aliphatic heterocycles. The number of fused-ring (bicyclic) bond motifs is 1. The maximum absolute atomic E-state index is 13.0. The van der Waals surface area contributed by atoms with Crippen molar-refractivity contribution in [2.45, 2.75) is 25.6 Å². The Morgan fingerprint density at radius 1 is 0.842 bits per heavy atom. The molecule has 0 atom stereocenters. The molecule has 10 nitrogen and oxygen atoms in total. The Kier molecular flexibility index (Phi) is 6.57. The molecule has 0 spiro atoms. The first-order valence-corrected chi connectivity index (χ1v) is 12.9. The van der Waals surface area contributed by atoms with E-state index >= 15 is 0 Å². The fourth-order valence-corrected chi connectivity index (χ4v) is 5.57. The number of imide groups is 1. The molecule has 4 amide bonds. The number of rotatable bonds is 6. The Morgan fingerprint density at radius 3 is 2.18 bits per heavy atom. The van der Waals surface area contributed by atoms with Crippen LogP contribution in [0.1, 0.15) is 45.1 Å². The van der Waals surface area contributed by atoms with Gasteiger partial charge in [-0.15, -0.1) is 0 Å². The molecule has 2 saturated heterocycles. The van der Waals surface area contributed by atoms with Gasteiger partial charge in [0, 0.05) is 69.5 Å². The summed E-state index contributed by atoms with van der Waals surface area (Å²) in [5, 5.41) is 5.06. The first-order chi connectivity index (χ1) is 18.6. The minimum Gasteiger partial charge on any atom is -0.297 e. The van der Waals surface area contributed by atoms with E-state index in [9.17, 15) is 14.4 Å². The first-order valence-electron chi connectivity index (χ1n) is 12.9. The van der Waals surface area contributed by atoms with E-state index < -0.39 is 6.03 Å². The Balaban J connectivity index is 1.11. The summed E-state index contributed by atoms with van der Waals surface area (Å²) in [7, 11) is 0. The minimum atomic E-state index is -0.545. The molecule has 1 aromatic carbocycles. The standard InChI is InChI=1S/C28H29N7O3/c36-25-7-10-34(28(38)31-25)35-19-23-15-20(5-6-24(23)27(35)37)18-32-11-13-33(14-12-32)26(21-3-1-8-29-16-21)22-4-2-9-30-17-22/h1-6,8-9,15-17,26H,7,10-14,18-19H2,(H,31,36,38). The van der Waals surface area contributed by atoms with Gasteiger partial charge in [0.15, 0.2) is 0 Å². The van der Waals surface area contributed by atoms with Gasteiger partial charge in [0.1, 0.15) is 0 Å². The highest BCUT2D eigenvalue weighted by atomic mass is 16.2. The van der Waals surface area contributed by atoms with Crippen molar-refractivity contribution in [3.63, 3.8) is 0 Å². The molecule has 0 bridgehead atoms. The van der Waals surface area contributed by atoms with Gasteiger partial charge in [0.25, 0.3) is 5.91 Å². The highest BCUT2D eigenvalue weighted by Crippen LogP contribution is 2.30. The summed E-state index contributed by atoms with van der Waals surface area (Å²) in [6.45, 7) is 4.99. The van der Waals surface area contributed by atoms with Gasteiger partial charge in [-0.1, -0.05) is 24.3 Å². The number of hydrogen-bond donors (Lipinski definition) is 1. The van der Waals surface area contributed by atoms with Crippen LogP contribution < -0.4 is 5.32 Å². The molecular formula is C28H29N7O3. The van der Waals surface area contributed by atoms with E-state index in [1.54, 1.807) is 12.4 Å². The van der Waals surface area contributed by atoms with Gasteiger partial charge in [-0.25, -0.2) is 14.8 Å². The molecule has 0 radical (unpaired) electrons. The van der Waals surface area contributed by atoms with Crippen LogP contribution in [0.25, 0.3) is 0 Å². The quantitative estimate of drug-likeness (QED) is 0.541. The molecule has 5 heterocycles. The summed E-state index contributed by atoms with van der Waals surface area (Å²) in [4.78, 5) is 50.3. The van der Waals surface area contributed by atoms with Gasteiger partial charge in [0.2, 0.25) is 5.91 Å². The van der Waals surface area contributed by atoms with Crippen LogP contribution in [0.2, 0.25) is 0 Å². The molecule has 0 unspecified atom stereocenters. The number of urea groups is 1. The van der Waals surface area contributed by atoms with E-state index in [0.717, 1.165) is 55.0 Å². The minimum absolute atomic E-state index is 0.110. The number of carbonyl (C=O) groups is 3. The number of aromatic nitrogens is 2. The third-order valence-electron chi connectivity index (χ3n) is 7.46. The Hall–Kier alpha value is -4.15. The number of hydrazine groups is 1. The lowest BCUT2D eigenvalue weighted by molar-refractivity contribution is -0.123. The second-order valence-corrected chi connectivity index (χ2v) is 9.87. The van der Waals surface area contributed by atoms with Crippen molar-refractivity contribution in [1.29, 1.82) is 0 Å². The van der Waals surface area contributed by atoms with E-state index in [2.05, 4.69) is 43.3 Å². The highest BCUT2D eigenvalue weighted by molar-refractivity contribution is 6.01. The number of nitrogens with one attached hydrogen (secondary N) is 1. The third-order valence-corrected chi connectivity index (χ3v) is 7.46. The Bertz CT molecular complexity index is 1300. The molecule has 10 heteroatoms. The zero-order valence-electron chi connectivity index (χ0n) is 21.0. The molecule has 6 rings (SSSR count). The maximum Gasteiger partial charge on any atom is 0.342 e. The van der Waals surface area contributed by atoms with Crippen molar-refractivity contribution in [3.8, 4) is 0 Å². The average Bonchev–Trinajstić information content (AvgIpc) is 3.26. The zero-order chi connectivity index (χ0) is 26.1. The van der Waals surface area contributed by atoms with Gasteiger partial charge in [0.05, 0.1) is 19.1 Å². The number of amides is 4. The summed E-state index contributed by atoms with van der Waals surface area (Å²) in [5.41, 5.74) is 4.98. The van der Waals surface area contributed by atoms with Crippen LogP contribution >= 0.6 is 0 Å². The van der Waals surface area contributed by atoms with Crippen molar-refractivity contribution in [1.82, 2.24) is 35.1 Å². The van der Waals surface area contributed by atoms with Crippen molar-refractivity contribution in [2.24, 2.45) is 0 Å². The Morgan fingerprint density at radius 2 is 1.55 bits per heavy atom. The molecule has 194 valence electrons. The first kappa shape index (κ1) is 24.2. The normalized spacial score (nSPS) is 18.7. The van der Waals surface area contributed by atoms with Crippen LogP contribution in [0.4, 0.5) is 4.79 Å². The summed E-state index contributed by atoms with van der Waals surface area (Å²) in [6.07, 6.45) is 7.65. The van der Waals surface area contributed by atoms with E-state index in [0.29, 0.717) is 12.1 Å². The van der Waals surface area contributed by atoms with Gasteiger partial charge < -0.3 is 0 Å². The molecule has 2 aromatic heterocycles. The number of piperazine rings is 1. The lowest BCUT2D eigenvalue weighted by atomic mass is 9.99. The molecular weight excluding hydrogens is 482 g/mol. The zero-order valence-corrected chi connectivity index (χ0v) is 21.0. The fraction of sp³-hybridized carbons (Fsp3) is 0.321. The van der Waals surface area contributed by atoms with E-state index in [4.69, 9.17) is 0 Å². The molecule has 2 fully saturated rings. The van der Waals surface area contributed by atoms with Crippen molar-refractivity contribution >= 4 is 17.8 Å². The lowest BCUT2D eigenvalue weighted by Crippen LogP contribution is -2.56. The number of hydrogen-bond acceptors (Lipinski definition) is 7. The summed E-state index contributed by atoms with van der Waals surface area (Å²) in [6, 6.07) is 13.7. The Labute approximate surface area is 220 Å². The van der Waals surface area contributed by atoms with Gasteiger partial charge in [-0.05, 0) is 40.5 Å². The molecule has 0 saturated carbocycles. The van der Waals surface area contributed by atoms with Crippen LogP contribution in [-0.2, 0) is 17.9 Å². The van der Waals surface area contributed by atoms with E-state index in [1.165, 1.54) is 10.0 Å². The van der Waals surface area contributed by atoms with E-state index in [1.807, 2.05) is 36.7 Å². The lowest BCUT2D eigenvalue weighted by Gasteiger charge is -2.39.